The van der Waals surface area contributed by atoms with Crippen LogP contribution in [0.5, 0.6) is 0 Å². The van der Waals surface area contributed by atoms with Crippen molar-refractivity contribution < 1.29 is 18.0 Å². The molecule has 1 aromatic heterocycles. The largest absolute Gasteiger partial charge is 0.433 e. The Bertz CT molecular complexity index is 562. The number of amides is 1. The second-order valence-electron chi connectivity index (χ2n) is 6.65. The number of aromatic nitrogens is 2. The van der Waals surface area contributed by atoms with Gasteiger partial charge in [0.2, 0.25) is 0 Å². The van der Waals surface area contributed by atoms with Gasteiger partial charge in [-0.1, -0.05) is 0 Å². The van der Waals surface area contributed by atoms with Gasteiger partial charge >= 0.3 is 6.18 Å². The minimum Gasteiger partial charge on any atom is -0.349 e. The van der Waals surface area contributed by atoms with Crippen LogP contribution >= 0.6 is 0 Å². The number of nitrogens with zero attached hydrogens (tertiary/aromatic N) is 3. The highest BCUT2D eigenvalue weighted by atomic mass is 19.4. The SMILES string of the molecule is CC(CCN1CCCC1)NC(=O)c1cnn(C(C)C)c1C(F)(F)F. The van der Waals surface area contributed by atoms with Gasteiger partial charge in [-0.05, 0) is 53.1 Å². The Hall–Kier alpha value is -1.57. The van der Waals surface area contributed by atoms with Gasteiger partial charge in [0.1, 0.15) is 0 Å². The summed E-state index contributed by atoms with van der Waals surface area (Å²) in [5.41, 5.74) is -1.40. The molecule has 1 atom stereocenters. The van der Waals surface area contributed by atoms with Crippen LogP contribution in [0.15, 0.2) is 6.20 Å². The summed E-state index contributed by atoms with van der Waals surface area (Å²) in [4.78, 5) is 14.6. The topological polar surface area (TPSA) is 50.2 Å². The van der Waals surface area contributed by atoms with Crippen LogP contribution in [0.1, 0.15) is 62.1 Å². The first-order valence-electron chi connectivity index (χ1n) is 8.38. The summed E-state index contributed by atoms with van der Waals surface area (Å²) in [5, 5.41) is 6.41. The van der Waals surface area contributed by atoms with E-state index in [0.29, 0.717) is 6.42 Å². The number of hydrogen-bond acceptors (Lipinski definition) is 3. The molecular weight excluding hydrogens is 321 g/mol. The molecule has 1 saturated heterocycles. The lowest BCUT2D eigenvalue weighted by Gasteiger charge is -2.19. The van der Waals surface area contributed by atoms with E-state index < -0.39 is 29.4 Å². The van der Waals surface area contributed by atoms with E-state index >= 15 is 0 Å². The van der Waals surface area contributed by atoms with Crippen LogP contribution in [-0.4, -0.2) is 46.3 Å². The normalized spacial score (nSPS) is 17.5. The second kappa shape index (κ2) is 7.55. The van der Waals surface area contributed by atoms with Gasteiger partial charge in [0.05, 0.1) is 11.8 Å². The molecule has 1 aliphatic rings. The fourth-order valence-corrected chi connectivity index (χ4v) is 2.96. The van der Waals surface area contributed by atoms with Crippen molar-refractivity contribution in [2.24, 2.45) is 0 Å². The van der Waals surface area contributed by atoms with Crippen molar-refractivity contribution in [3.63, 3.8) is 0 Å². The van der Waals surface area contributed by atoms with E-state index in [4.69, 9.17) is 0 Å². The highest BCUT2D eigenvalue weighted by Crippen LogP contribution is 2.33. The molecule has 0 spiro atoms. The summed E-state index contributed by atoms with van der Waals surface area (Å²) in [5.74, 6) is -0.719. The quantitative estimate of drug-likeness (QED) is 0.861. The highest BCUT2D eigenvalue weighted by molar-refractivity contribution is 5.95. The Kier molecular flexibility index (Phi) is 5.90. The average Bonchev–Trinajstić information content (AvgIpc) is 3.13. The third-order valence-corrected chi connectivity index (χ3v) is 4.25. The zero-order chi connectivity index (χ0) is 17.9. The van der Waals surface area contributed by atoms with Gasteiger partial charge in [0.25, 0.3) is 5.91 Å². The molecule has 2 heterocycles. The summed E-state index contributed by atoms with van der Waals surface area (Å²) >= 11 is 0. The molecule has 0 bridgehead atoms. The first-order chi connectivity index (χ1) is 11.2. The molecule has 0 aliphatic carbocycles. The van der Waals surface area contributed by atoms with E-state index in [-0.39, 0.29) is 6.04 Å². The molecule has 2 rings (SSSR count). The van der Waals surface area contributed by atoms with Crippen molar-refractivity contribution in [3.05, 3.63) is 17.5 Å². The van der Waals surface area contributed by atoms with Gasteiger partial charge in [-0.3, -0.25) is 9.48 Å². The van der Waals surface area contributed by atoms with Gasteiger partial charge in [0, 0.05) is 18.6 Å². The van der Waals surface area contributed by atoms with Crippen molar-refractivity contribution in [2.75, 3.05) is 19.6 Å². The number of hydrogen-bond donors (Lipinski definition) is 1. The summed E-state index contributed by atoms with van der Waals surface area (Å²) in [6.07, 6.45) is -0.531. The fourth-order valence-electron chi connectivity index (χ4n) is 2.96. The zero-order valence-electron chi connectivity index (χ0n) is 14.4. The molecule has 0 radical (unpaired) electrons. The van der Waals surface area contributed by atoms with Gasteiger partial charge in [-0.2, -0.15) is 18.3 Å². The summed E-state index contributed by atoms with van der Waals surface area (Å²) in [7, 11) is 0. The lowest BCUT2D eigenvalue weighted by Crippen LogP contribution is -2.36. The maximum atomic E-state index is 13.3. The predicted octanol–water partition coefficient (Wildman–Crippen LogP) is 3.09. The molecule has 1 fully saturated rings. The Morgan fingerprint density at radius 3 is 2.46 bits per heavy atom. The first kappa shape index (κ1) is 18.8. The Labute approximate surface area is 140 Å². The zero-order valence-corrected chi connectivity index (χ0v) is 14.4. The monoisotopic (exact) mass is 346 g/mol. The number of halogens is 3. The third kappa shape index (κ3) is 4.49. The molecule has 1 aliphatic heterocycles. The van der Waals surface area contributed by atoms with E-state index in [0.717, 1.165) is 30.5 Å². The number of nitrogens with one attached hydrogen (secondary N) is 1. The molecule has 0 saturated carbocycles. The molecule has 1 N–H and O–H groups in total. The van der Waals surface area contributed by atoms with Crippen molar-refractivity contribution >= 4 is 5.91 Å². The van der Waals surface area contributed by atoms with Crippen LogP contribution in [0.4, 0.5) is 13.2 Å². The Morgan fingerprint density at radius 1 is 1.29 bits per heavy atom. The third-order valence-electron chi connectivity index (χ3n) is 4.25. The van der Waals surface area contributed by atoms with E-state index in [2.05, 4.69) is 15.3 Å². The molecular formula is C16H25F3N4O. The van der Waals surface area contributed by atoms with Crippen LogP contribution < -0.4 is 5.32 Å². The van der Waals surface area contributed by atoms with Crippen LogP contribution in [0.3, 0.4) is 0 Å². The molecule has 1 amide bonds. The molecule has 5 nitrogen and oxygen atoms in total. The Morgan fingerprint density at radius 2 is 1.92 bits per heavy atom. The molecule has 1 unspecified atom stereocenters. The summed E-state index contributed by atoms with van der Waals surface area (Å²) < 4.78 is 40.8. The minimum atomic E-state index is -4.62. The van der Waals surface area contributed by atoms with Gasteiger partial charge in [-0.15, -0.1) is 0 Å². The average molecular weight is 346 g/mol. The lowest BCUT2D eigenvalue weighted by atomic mass is 10.1. The molecule has 0 aromatic carbocycles. The van der Waals surface area contributed by atoms with Crippen LogP contribution in [0.25, 0.3) is 0 Å². The van der Waals surface area contributed by atoms with E-state index in [9.17, 15) is 18.0 Å². The smallest absolute Gasteiger partial charge is 0.349 e. The summed E-state index contributed by atoms with van der Waals surface area (Å²) in [6.45, 7) is 7.97. The number of likely N-dealkylation sites (tertiary alicyclic amines) is 1. The van der Waals surface area contributed by atoms with E-state index in [1.54, 1.807) is 13.8 Å². The van der Waals surface area contributed by atoms with Gasteiger partial charge in [0.15, 0.2) is 5.69 Å². The van der Waals surface area contributed by atoms with Crippen molar-refractivity contribution in [3.8, 4) is 0 Å². The van der Waals surface area contributed by atoms with Crippen molar-refractivity contribution in [1.29, 1.82) is 0 Å². The first-order valence-corrected chi connectivity index (χ1v) is 8.38. The van der Waals surface area contributed by atoms with E-state index in [1.807, 2.05) is 6.92 Å². The van der Waals surface area contributed by atoms with Gasteiger partial charge < -0.3 is 10.2 Å². The summed E-state index contributed by atoms with van der Waals surface area (Å²) in [6, 6.07) is -0.669. The van der Waals surface area contributed by atoms with Crippen LogP contribution in [-0.2, 0) is 6.18 Å². The fraction of sp³-hybridized carbons (Fsp3) is 0.750. The van der Waals surface area contributed by atoms with E-state index in [1.165, 1.54) is 12.8 Å². The molecule has 8 heteroatoms. The maximum absolute atomic E-state index is 13.3. The van der Waals surface area contributed by atoms with Gasteiger partial charge in [-0.25, -0.2) is 0 Å². The number of carbonyl (C=O) groups is 1. The predicted molar refractivity (Wildman–Crippen MR) is 84.8 cm³/mol. The highest BCUT2D eigenvalue weighted by Gasteiger charge is 2.40. The second-order valence-corrected chi connectivity index (χ2v) is 6.65. The Balaban J connectivity index is 2.03. The van der Waals surface area contributed by atoms with Crippen LogP contribution in [0.2, 0.25) is 0 Å². The van der Waals surface area contributed by atoms with Crippen molar-refractivity contribution in [1.82, 2.24) is 20.0 Å². The molecule has 24 heavy (non-hydrogen) atoms. The molecule has 1 aromatic rings. The standard InChI is InChI=1S/C16H25F3N4O/c1-11(2)23-14(16(17,18)19)13(10-20-23)15(24)21-12(3)6-9-22-7-4-5-8-22/h10-12H,4-9H2,1-3H3,(H,21,24). The van der Waals surface area contributed by atoms with Crippen molar-refractivity contribution in [2.45, 2.75) is 58.3 Å². The number of carbonyl (C=O) groups excluding carboxylic acids is 1. The number of rotatable bonds is 6. The lowest BCUT2D eigenvalue weighted by molar-refractivity contribution is -0.145. The number of alkyl halides is 3. The maximum Gasteiger partial charge on any atom is 0.433 e. The molecule has 136 valence electrons. The van der Waals surface area contributed by atoms with Crippen LogP contribution in [0, 0.1) is 0 Å². The minimum absolute atomic E-state index is 0.193.